The number of piperidine rings is 1. The fraction of sp³-hybridized carbons (Fsp3) is 0.400. The number of amides is 1. The van der Waals surface area contributed by atoms with Crippen LogP contribution in [-0.2, 0) is 16.9 Å². The van der Waals surface area contributed by atoms with Crippen LogP contribution in [0.4, 0.5) is 4.39 Å². The summed E-state index contributed by atoms with van der Waals surface area (Å²) in [4.78, 5) is 20.3. The van der Waals surface area contributed by atoms with Crippen molar-refractivity contribution in [3.8, 4) is 0 Å². The number of aromatic nitrogens is 1. The summed E-state index contributed by atoms with van der Waals surface area (Å²) in [6, 6.07) is 23.2. The van der Waals surface area contributed by atoms with Crippen LogP contribution in [-0.4, -0.2) is 35.4 Å². The summed E-state index contributed by atoms with van der Waals surface area (Å²) in [5.41, 5.74) is 1.89. The summed E-state index contributed by atoms with van der Waals surface area (Å²) in [5, 5.41) is 3.22. The van der Waals surface area contributed by atoms with Crippen molar-refractivity contribution in [3.05, 3.63) is 101 Å². The lowest BCUT2D eigenvalue weighted by Gasteiger charge is -2.32. The van der Waals surface area contributed by atoms with Crippen LogP contribution in [0.25, 0.3) is 0 Å². The molecule has 1 aliphatic heterocycles. The van der Waals surface area contributed by atoms with E-state index in [0.717, 1.165) is 56.6 Å². The van der Waals surface area contributed by atoms with Gasteiger partial charge < -0.3 is 10.2 Å². The number of nitrogens with zero attached hydrogens (tertiary/aromatic N) is 2. The van der Waals surface area contributed by atoms with Crippen molar-refractivity contribution in [2.75, 3.05) is 19.6 Å². The zero-order valence-electron chi connectivity index (χ0n) is 20.8. The number of likely N-dealkylation sites (tertiary alicyclic amines) is 1. The number of alkyl halides is 1. The van der Waals surface area contributed by atoms with Crippen LogP contribution in [0.2, 0.25) is 0 Å². The van der Waals surface area contributed by atoms with Crippen molar-refractivity contribution in [2.24, 2.45) is 5.92 Å². The summed E-state index contributed by atoms with van der Waals surface area (Å²) >= 11 is 0. The Kier molecular flexibility index (Phi) is 8.29. The second kappa shape index (κ2) is 11.6. The highest BCUT2D eigenvalue weighted by molar-refractivity contribution is 5.79. The van der Waals surface area contributed by atoms with Gasteiger partial charge in [0.2, 0.25) is 5.91 Å². The van der Waals surface area contributed by atoms with Gasteiger partial charge in [0.1, 0.15) is 5.67 Å². The van der Waals surface area contributed by atoms with Crippen molar-refractivity contribution in [3.63, 3.8) is 0 Å². The van der Waals surface area contributed by atoms with Gasteiger partial charge in [0.15, 0.2) is 0 Å². The van der Waals surface area contributed by atoms with Gasteiger partial charge in [0, 0.05) is 12.1 Å². The van der Waals surface area contributed by atoms with Crippen LogP contribution in [0.5, 0.6) is 0 Å². The molecule has 1 fully saturated rings. The van der Waals surface area contributed by atoms with Crippen LogP contribution in [0.1, 0.15) is 61.5 Å². The molecular weight excluding hydrogens is 437 g/mol. The summed E-state index contributed by atoms with van der Waals surface area (Å²) in [5.74, 6) is -0.0202. The van der Waals surface area contributed by atoms with Crippen molar-refractivity contribution < 1.29 is 9.18 Å². The zero-order chi connectivity index (χ0) is 24.7. The molecule has 0 bridgehead atoms. The predicted octanol–water partition coefficient (Wildman–Crippen LogP) is 5.84. The molecule has 1 atom stereocenters. The maximum atomic E-state index is 15.1. The van der Waals surface area contributed by atoms with E-state index in [2.05, 4.69) is 45.5 Å². The van der Waals surface area contributed by atoms with Gasteiger partial charge in [-0.1, -0.05) is 60.7 Å². The fourth-order valence-electron chi connectivity index (χ4n) is 4.98. The summed E-state index contributed by atoms with van der Waals surface area (Å²) < 4.78 is 15.1. The van der Waals surface area contributed by atoms with Gasteiger partial charge in [-0.2, -0.15) is 0 Å². The van der Waals surface area contributed by atoms with Crippen LogP contribution in [0.3, 0.4) is 0 Å². The van der Waals surface area contributed by atoms with Crippen LogP contribution >= 0.6 is 0 Å². The van der Waals surface area contributed by atoms with Crippen LogP contribution < -0.4 is 5.32 Å². The van der Waals surface area contributed by atoms with Gasteiger partial charge in [-0.25, -0.2) is 4.39 Å². The molecule has 1 unspecified atom stereocenters. The minimum absolute atomic E-state index is 0.0241. The molecule has 5 heteroatoms. The number of nitrogens with one attached hydrogen (secondary N) is 1. The average molecular weight is 474 g/mol. The Morgan fingerprint density at radius 1 is 1.03 bits per heavy atom. The van der Waals surface area contributed by atoms with Gasteiger partial charge in [0.05, 0.1) is 11.7 Å². The topological polar surface area (TPSA) is 45.2 Å². The van der Waals surface area contributed by atoms with E-state index in [1.54, 1.807) is 26.1 Å². The molecule has 2 heterocycles. The number of hydrogen-bond acceptors (Lipinski definition) is 3. The fourth-order valence-corrected chi connectivity index (χ4v) is 4.98. The van der Waals surface area contributed by atoms with E-state index >= 15 is 4.39 Å². The number of carbonyl (C=O) groups is 1. The minimum Gasteiger partial charge on any atom is -0.343 e. The van der Waals surface area contributed by atoms with Gasteiger partial charge >= 0.3 is 0 Å². The first kappa shape index (κ1) is 25.1. The number of aryl methyl sites for hydroxylation is 1. The Labute approximate surface area is 208 Å². The van der Waals surface area contributed by atoms with Gasteiger partial charge in [-0.15, -0.1) is 0 Å². The van der Waals surface area contributed by atoms with E-state index in [9.17, 15) is 4.79 Å². The lowest BCUT2D eigenvalue weighted by atomic mass is 9.88. The smallest absolute Gasteiger partial charge is 0.224 e. The van der Waals surface area contributed by atoms with Crippen LogP contribution in [0, 0.1) is 5.92 Å². The molecule has 1 N–H and O–H groups in total. The van der Waals surface area contributed by atoms with Crippen molar-refractivity contribution >= 4 is 5.91 Å². The molecule has 1 aromatic heterocycles. The number of rotatable bonds is 9. The van der Waals surface area contributed by atoms with Crippen molar-refractivity contribution in [1.29, 1.82) is 0 Å². The molecule has 1 aliphatic rings. The quantitative estimate of drug-likeness (QED) is 0.425. The zero-order valence-corrected chi connectivity index (χ0v) is 20.8. The maximum absolute atomic E-state index is 15.1. The number of carbonyl (C=O) groups excluding carboxylic acids is 1. The molecule has 0 radical (unpaired) electrons. The number of benzene rings is 2. The average Bonchev–Trinajstić information content (AvgIpc) is 2.88. The first-order valence-electron chi connectivity index (χ1n) is 12.7. The molecule has 2 aromatic carbocycles. The SMILES string of the molecule is CC(C)(F)c1ccccc1C(NC(=O)C1CCN(CCCc2ccccc2)CC1)c1ccccn1. The maximum Gasteiger partial charge on any atom is 0.224 e. The summed E-state index contributed by atoms with van der Waals surface area (Å²) in [6.07, 6.45) is 5.59. The van der Waals surface area contributed by atoms with E-state index in [0.29, 0.717) is 5.56 Å². The van der Waals surface area contributed by atoms with Gasteiger partial charge in [-0.05, 0) is 88.0 Å². The second-order valence-electron chi connectivity index (χ2n) is 9.96. The van der Waals surface area contributed by atoms with Gasteiger partial charge in [-0.3, -0.25) is 9.78 Å². The highest BCUT2D eigenvalue weighted by Gasteiger charge is 2.31. The summed E-state index contributed by atoms with van der Waals surface area (Å²) in [6.45, 7) is 6.01. The third-order valence-corrected chi connectivity index (χ3v) is 6.92. The molecule has 4 rings (SSSR count). The third-order valence-electron chi connectivity index (χ3n) is 6.92. The minimum atomic E-state index is -1.53. The lowest BCUT2D eigenvalue weighted by molar-refractivity contribution is -0.127. The standard InChI is InChI=1S/C30H36FN3O/c1-30(2,31)26-15-7-6-14-25(26)28(27-16-8-9-19-32-27)33-29(35)24-17-21-34(22-18-24)20-10-13-23-11-4-3-5-12-23/h3-9,11-12,14-16,19,24,28H,10,13,17-18,20-22H2,1-2H3,(H,33,35). The Morgan fingerprint density at radius 3 is 2.40 bits per heavy atom. The molecule has 0 saturated carbocycles. The largest absolute Gasteiger partial charge is 0.343 e. The van der Waals surface area contributed by atoms with E-state index in [4.69, 9.17) is 0 Å². The van der Waals surface area contributed by atoms with Crippen molar-refractivity contribution in [1.82, 2.24) is 15.2 Å². The third kappa shape index (κ3) is 6.76. The normalized spacial score (nSPS) is 16.1. The van der Waals surface area contributed by atoms with E-state index < -0.39 is 11.7 Å². The molecular formula is C30H36FN3O. The molecule has 0 spiro atoms. The second-order valence-corrected chi connectivity index (χ2v) is 9.96. The number of pyridine rings is 1. The van der Waals surface area contributed by atoms with Crippen molar-refractivity contribution in [2.45, 2.75) is 51.2 Å². The van der Waals surface area contributed by atoms with Gasteiger partial charge in [0.25, 0.3) is 0 Å². The molecule has 0 aliphatic carbocycles. The predicted molar refractivity (Wildman–Crippen MR) is 139 cm³/mol. The van der Waals surface area contributed by atoms with E-state index in [1.807, 2.05) is 36.4 Å². The molecule has 1 amide bonds. The van der Waals surface area contributed by atoms with Crippen LogP contribution in [0.15, 0.2) is 79.0 Å². The highest BCUT2D eigenvalue weighted by atomic mass is 19.1. The van der Waals surface area contributed by atoms with E-state index in [1.165, 1.54) is 5.56 Å². The summed E-state index contributed by atoms with van der Waals surface area (Å²) in [7, 11) is 0. The Balaban J connectivity index is 1.39. The number of halogens is 1. The molecule has 3 aromatic rings. The molecule has 184 valence electrons. The first-order chi connectivity index (χ1) is 16.9. The lowest BCUT2D eigenvalue weighted by Crippen LogP contribution is -2.42. The molecule has 4 nitrogen and oxygen atoms in total. The Bertz CT molecular complexity index is 1070. The highest BCUT2D eigenvalue weighted by Crippen LogP contribution is 2.34. The molecule has 35 heavy (non-hydrogen) atoms. The number of hydrogen-bond donors (Lipinski definition) is 1. The monoisotopic (exact) mass is 473 g/mol. The first-order valence-corrected chi connectivity index (χ1v) is 12.7. The Morgan fingerprint density at radius 2 is 1.71 bits per heavy atom. The Hall–Kier alpha value is -3.05. The molecule has 1 saturated heterocycles. The van der Waals surface area contributed by atoms with E-state index in [-0.39, 0.29) is 11.8 Å².